The minimum Gasteiger partial charge on any atom is -0.377 e. The number of nitrogens with zero attached hydrogens (tertiary/aromatic N) is 2. The van der Waals surface area contributed by atoms with Crippen LogP contribution in [0.15, 0.2) is 17.2 Å². The zero-order valence-electron chi connectivity index (χ0n) is 13.4. The standard InChI is InChI=1S/C15H24N2O3S/c1-11-10-20-7-6-17(11)12-8-13(21(5,18)19)14(16-9-12)15(2,3)4/h8-9,11H,6-7,10H2,1-5H3/t11-/m1/s1. The molecule has 1 fully saturated rings. The molecule has 0 spiro atoms. The molecule has 0 radical (unpaired) electrons. The van der Waals surface area contributed by atoms with E-state index in [1.807, 2.05) is 20.8 Å². The number of pyridine rings is 1. The smallest absolute Gasteiger partial charge is 0.177 e. The second kappa shape index (κ2) is 5.57. The molecule has 1 aliphatic heterocycles. The van der Waals surface area contributed by atoms with Gasteiger partial charge in [-0.05, 0) is 13.0 Å². The highest BCUT2D eigenvalue weighted by molar-refractivity contribution is 7.90. The van der Waals surface area contributed by atoms with E-state index in [1.165, 1.54) is 6.26 Å². The number of anilines is 1. The lowest BCUT2D eigenvalue weighted by atomic mass is 9.91. The van der Waals surface area contributed by atoms with Gasteiger partial charge in [-0.3, -0.25) is 4.98 Å². The summed E-state index contributed by atoms with van der Waals surface area (Å²) in [6, 6.07) is 1.97. The molecular formula is C15H24N2O3S. The summed E-state index contributed by atoms with van der Waals surface area (Å²) in [5.41, 5.74) is 1.15. The van der Waals surface area contributed by atoms with Gasteiger partial charge in [-0.1, -0.05) is 20.8 Å². The fraction of sp³-hybridized carbons (Fsp3) is 0.667. The highest BCUT2D eigenvalue weighted by Crippen LogP contribution is 2.31. The Balaban J connectivity index is 2.52. The number of hydrogen-bond donors (Lipinski definition) is 0. The van der Waals surface area contributed by atoms with Crippen molar-refractivity contribution >= 4 is 15.5 Å². The minimum atomic E-state index is -3.32. The number of sulfone groups is 1. The van der Waals surface area contributed by atoms with Crippen LogP contribution in [0.3, 0.4) is 0 Å². The van der Waals surface area contributed by atoms with E-state index >= 15 is 0 Å². The van der Waals surface area contributed by atoms with Gasteiger partial charge in [-0.2, -0.15) is 0 Å². The third-order valence-electron chi connectivity index (χ3n) is 3.65. The molecule has 0 aliphatic carbocycles. The number of morpholine rings is 1. The van der Waals surface area contributed by atoms with Crippen molar-refractivity contribution in [2.45, 2.75) is 44.0 Å². The maximum Gasteiger partial charge on any atom is 0.177 e. The van der Waals surface area contributed by atoms with Gasteiger partial charge in [0.1, 0.15) is 0 Å². The van der Waals surface area contributed by atoms with Crippen LogP contribution in [-0.4, -0.2) is 45.5 Å². The van der Waals surface area contributed by atoms with E-state index < -0.39 is 9.84 Å². The molecule has 1 aromatic rings. The van der Waals surface area contributed by atoms with E-state index in [0.29, 0.717) is 23.8 Å². The first kappa shape index (κ1) is 16.2. The van der Waals surface area contributed by atoms with Crippen molar-refractivity contribution in [2.24, 2.45) is 0 Å². The Morgan fingerprint density at radius 3 is 2.57 bits per heavy atom. The van der Waals surface area contributed by atoms with Crippen molar-refractivity contribution < 1.29 is 13.2 Å². The fourth-order valence-electron chi connectivity index (χ4n) is 2.55. The van der Waals surface area contributed by atoms with E-state index in [-0.39, 0.29) is 11.5 Å². The summed E-state index contributed by atoms with van der Waals surface area (Å²) >= 11 is 0. The second-order valence-corrected chi connectivity index (χ2v) is 8.66. The van der Waals surface area contributed by atoms with Crippen molar-refractivity contribution in [3.63, 3.8) is 0 Å². The molecule has 6 heteroatoms. The molecule has 2 rings (SSSR count). The minimum absolute atomic E-state index is 0.216. The van der Waals surface area contributed by atoms with Crippen molar-refractivity contribution in [2.75, 3.05) is 30.9 Å². The second-order valence-electron chi connectivity index (χ2n) is 6.68. The summed E-state index contributed by atoms with van der Waals surface area (Å²) < 4.78 is 29.7. The predicted octanol–water partition coefficient (Wildman–Crippen LogP) is 2.01. The molecule has 0 aromatic carbocycles. The maximum atomic E-state index is 12.1. The number of ether oxygens (including phenoxy) is 1. The largest absolute Gasteiger partial charge is 0.377 e. The molecule has 5 nitrogen and oxygen atoms in total. The number of hydrogen-bond acceptors (Lipinski definition) is 5. The summed E-state index contributed by atoms with van der Waals surface area (Å²) in [7, 11) is -3.32. The molecule has 2 heterocycles. The van der Waals surface area contributed by atoms with Crippen LogP contribution < -0.4 is 4.90 Å². The summed E-state index contributed by atoms with van der Waals surface area (Å²) in [5.74, 6) is 0. The Morgan fingerprint density at radius 2 is 2.05 bits per heavy atom. The predicted molar refractivity (Wildman–Crippen MR) is 83.7 cm³/mol. The molecule has 118 valence electrons. The average molecular weight is 312 g/mol. The van der Waals surface area contributed by atoms with Gasteiger partial charge in [0.2, 0.25) is 0 Å². The first-order valence-corrected chi connectivity index (χ1v) is 9.05. The van der Waals surface area contributed by atoms with Crippen LogP contribution >= 0.6 is 0 Å². The van der Waals surface area contributed by atoms with E-state index in [1.54, 1.807) is 12.3 Å². The van der Waals surface area contributed by atoms with Crippen LogP contribution in [0.25, 0.3) is 0 Å². The van der Waals surface area contributed by atoms with Crippen LogP contribution in [0.4, 0.5) is 5.69 Å². The van der Waals surface area contributed by atoms with Crippen LogP contribution in [-0.2, 0) is 20.0 Å². The first-order chi connectivity index (χ1) is 9.60. The lowest BCUT2D eigenvalue weighted by Crippen LogP contribution is -2.43. The van der Waals surface area contributed by atoms with Crippen LogP contribution in [0, 0.1) is 0 Å². The Hall–Kier alpha value is -1.14. The van der Waals surface area contributed by atoms with Gasteiger partial charge in [-0.15, -0.1) is 0 Å². The van der Waals surface area contributed by atoms with E-state index in [9.17, 15) is 8.42 Å². The van der Waals surface area contributed by atoms with Gasteiger partial charge < -0.3 is 9.64 Å². The zero-order chi connectivity index (χ0) is 15.8. The molecular weight excluding hydrogens is 288 g/mol. The molecule has 0 N–H and O–H groups in total. The van der Waals surface area contributed by atoms with E-state index in [4.69, 9.17) is 4.74 Å². The van der Waals surface area contributed by atoms with Gasteiger partial charge >= 0.3 is 0 Å². The molecule has 1 saturated heterocycles. The normalized spacial score (nSPS) is 20.6. The molecule has 0 saturated carbocycles. The molecule has 1 aromatic heterocycles. The van der Waals surface area contributed by atoms with Crippen molar-refractivity contribution in [1.82, 2.24) is 4.98 Å². The summed E-state index contributed by atoms with van der Waals surface area (Å²) in [6.07, 6.45) is 3.02. The fourth-order valence-corrected chi connectivity index (χ4v) is 3.59. The van der Waals surface area contributed by atoms with Gasteiger partial charge in [-0.25, -0.2) is 8.42 Å². The third-order valence-corrected chi connectivity index (χ3v) is 4.76. The molecule has 1 aliphatic rings. The Bertz CT molecular complexity index is 620. The van der Waals surface area contributed by atoms with Crippen LogP contribution in [0.2, 0.25) is 0 Å². The summed E-state index contributed by atoms with van der Waals surface area (Å²) in [6.45, 7) is 10.0. The number of rotatable bonds is 2. The van der Waals surface area contributed by atoms with Crippen molar-refractivity contribution in [3.05, 3.63) is 18.0 Å². The summed E-state index contributed by atoms with van der Waals surface area (Å²) in [5, 5.41) is 0. The van der Waals surface area contributed by atoms with E-state index in [2.05, 4.69) is 16.8 Å². The first-order valence-electron chi connectivity index (χ1n) is 7.15. The van der Waals surface area contributed by atoms with Gasteiger partial charge in [0.25, 0.3) is 0 Å². The maximum absolute atomic E-state index is 12.1. The Morgan fingerprint density at radius 1 is 1.38 bits per heavy atom. The van der Waals surface area contributed by atoms with Gasteiger partial charge in [0.15, 0.2) is 9.84 Å². The number of aromatic nitrogens is 1. The Kier molecular flexibility index (Phi) is 4.31. The van der Waals surface area contributed by atoms with Crippen LogP contribution in [0.5, 0.6) is 0 Å². The van der Waals surface area contributed by atoms with Gasteiger partial charge in [0.05, 0.1) is 35.7 Å². The average Bonchev–Trinajstić information content (AvgIpc) is 2.36. The SMILES string of the molecule is C[C@@H]1COCCN1c1cnc(C(C)(C)C)c(S(C)(=O)=O)c1. The topological polar surface area (TPSA) is 59.5 Å². The summed E-state index contributed by atoms with van der Waals surface area (Å²) in [4.78, 5) is 6.94. The molecule has 0 unspecified atom stereocenters. The molecule has 1 atom stereocenters. The highest BCUT2D eigenvalue weighted by atomic mass is 32.2. The monoisotopic (exact) mass is 312 g/mol. The van der Waals surface area contributed by atoms with Crippen molar-refractivity contribution in [3.8, 4) is 0 Å². The van der Waals surface area contributed by atoms with Gasteiger partial charge in [0, 0.05) is 24.3 Å². The lowest BCUT2D eigenvalue weighted by Gasteiger charge is -2.35. The Labute approximate surface area is 127 Å². The zero-order valence-corrected chi connectivity index (χ0v) is 14.2. The molecule has 21 heavy (non-hydrogen) atoms. The van der Waals surface area contributed by atoms with Crippen molar-refractivity contribution in [1.29, 1.82) is 0 Å². The highest BCUT2D eigenvalue weighted by Gasteiger charge is 2.27. The van der Waals surface area contributed by atoms with Crippen LogP contribution in [0.1, 0.15) is 33.4 Å². The van der Waals surface area contributed by atoms with E-state index in [0.717, 1.165) is 12.2 Å². The molecule has 0 amide bonds. The molecule has 0 bridgehead atoms. The lowest BCUT2D eigenvalue weighted by molar-refractivity contribution is 0.0989. The quantitative estimate of drug-likeness (QED) is 0.836. The third kappa shape index (κ3) is 3.55.